The topological polar surface area (TPSA) is 57.1 Å². The molecule has 0 atom stereocenters. The van der Waals surface area contributed by atoms with Gasteiger partial charge < -0.3 is 5.73 Å². The molecule has 0 aliphatic rings. The van der Waals surface area contributed by atoms with Crippen LogP contribution in [0, 0.1) is 0 Å². The Balaban J connectivity index is -0.000000142. The van der Waals surface area contributed by atoms with E-state index in [1.807, 2.05) is 7.05 Å². The van der Waals surface area contributed by atoms with Gasteiger partial charge in [-0.3, -0.25) is 9.79 Å². The van der Waals surface area contributed by atoms with Gasteiger partial charge in [0.2, 0.25) is 5.91 Å². The lowest BCUT2D eigenvalue weighted by Crippen LogP contribution is -2.62. The highest BCUT2D eigenvalue weighted by molar-refractivity contribution is 5.70. The summed E-state index contributed by atoms with van der Waals surface area (Å²) in [7, 11) is 1.94. The van der Waals surface area contributed by atoms with E-state index in [1.54, 1.807) is 0 Å². The molecule has 0 rings (SSSR count). The molecule has 3 heteroatoms. The molecule has 0 saturated heterocycles. The number of amides is 1. The maximum absolute atomic E-state index is 9.22. The molecule has 0 saturated carbocycles. The smallest absolute Gasteiger partial charge is 0.214 e. The minimum Gasteiger partial charge on any atom is -0.370 e. The standard InChI is InChI=1S/C6H13N.C2H5NO.CH4/c1-3-4-5-6-7-2;1-2(3)4;/h6H,3-5H2,1-2H3;1H3,(H2,3,4);1H4/p+1/i1+1,2+1;3+1;1+1. The molecule has 0 fully saturated rings. The van der Waals surface area contributed by atoms with Crippen molar-refractivity contribution in [1.29, 1.82) is 0 Å². The van der Waals surface area contributed by atoms with Gasteiger partial charge in [0, 0.05) is 13.3 Å². The summed E-state index contributed by atoms with van der Waals surface area (Å²) in [6.07, 6.45) is 5.88. The second kappa shape index (κ2) is 16.6. The molecule has 0 aromatic rings. The Morgan fingerprint density at radius 3 is 2.25 bits per heavy atom. The number of nitrogens with one attached hydrogen (secondary N) is 1. The number of primary amides is 1. The van der Waals surface area contributed by atoms with Crippen LogP contribution < -0.4 is 10.7 Å². The quantitative estimate of drug-likeness (QED) is 0.274. The van der Waals surface area contributed by atoms with E-state index in [4.69, 9.17) is 0 Å². The average molecular weight is 179 g/mol. The molecule has 0 heterocycles. The van der Waals surface area contributed by atoms with Crippen LogP contribution in [-0.4, -0.2) is 19.2 Å². The lowest BCUT2D eigenvalue weighted by Gasteiger charge is -1.79. The molecule has 1 amide bonds. The van der Waals surface area contributed by atoms with Crippen LogP contribution in [0.25, 0.3) is 0 Å². The van der Waals surface area contributed by atoms with Crippen LogP contribution in [0.3, 0.4) is 0 Å². The highest BCUT2D eigenvalue weighted by Gasteiger charge is 1.77. The van der Waals surface area contributed by atoms with E-state index in [-0.39, 0.29) is 13.3 Å². The number of rotatable bonds is 3. The van der Waals surface area contributed by atoms with Crippen molar-refractivity contribution >= 4 is 12.1 Å². The second-order valence-electron chi connectivity index (χ2n) is 2.25. The van der Waals surface area contributed by atoms with Gasteiger partial charge in [-0.1, -0.05) is 20.8 Å². The third-order valence-corrected chi connectivity index (χ3v) is 0.906. The molecule has 0 aromatic heterocycles. The van der Waals surface area contributed by atoms with E-state index >= 15 is 0 Å². The van der Waals surface area contributed by atoms with Crippen LogP contribution in [0.5, 0.6) is 0 Å². The molecule has 0 radical (unpaired) electrons. The molecule has 3 N–H and O–H groups in total. The average Bonchev–Trinajstić information content (AvgIpc) is 1.88. The van der Waals surface area contributed by atoms with Gasteiger partial charge in [0.05, 0.1) is 0 Å². The molecule has 3 nitrogen and oxygen atoms in total. The Labute approximate surface area is 76.1 Å². The lowest BCUT2D eigenvalue weighted by atomic mass is 10.3. The first-order valence-corrected chi connectivity index (χ1v) is 3.90. The number of carbonyl (C=O) groups is 1. The van der Waals surface area contributed by atoms with Crippen molar-refractivity contribution in [2.75, 3.05) is 7.05 Å². The summed E-state index contributed by atoms with van der Waals surface area (Å²) in [6, 6.07) is 0. The molecular formula is C9H23N2O+. The monoisotopic (exact) mass is 179 g/mol. The summed E-state index contributed by atoms with van der Waals surface area (Å²) in [5.41, 5.74) is 4.47. The van der Waals surface area contributed by atoms with E-state index in [9.17, 15) is 4.79 Å². The lowest BCUT2D eigenvalue weighted by molar-refractivity contribution is -0.415. The molecule has 0 bridgehead atoms. The minimum atomic E-state index is -0.333. The third-order valence-electron chi connectivity index (χ3n) is 0.906. The fraction of sp³-hybridized carbons (Fsp3) is 0.778. The Hall–Kier alpha value is -0.860. The van der Waals surface area contributed by atoms with Gasteiger partial charge in [0.15, 0.2) is 0 Å². The van der Waals surface area contributed by atoms with E-state index in [0.29, 0.717) is 0 Å². The van der Waals surface area contributed by atoms with Crippen LogP contribution in [0.4, 0.5) is 0 Å². The van der Waals surface area contributed by atoms with E-state index in [2.05, 4.69) is 23.9 Å². The maximum atomic E-state index is 9.22. The van der Waals surface area contributed by atoms with Gasteiger partial charge in [-0.25, -0.2) is 0 Å². The number of nitrogens with two attached hydrogens (primary N) is 1. The largest absolute Gasteiger partial charge is 0.370 e. The van der Waals surface area contributed by atoms with E-state index in [1.165, 1.54) is 26.2 Å². The first kappa shape index (κ1) is 17.3. The van der Waals surface area contributed by atoms with Crippen LogP contribution in [-0.2, 0) is 4.79 Å². The molecule has 12 heavy (non-hydrogen) atoms. The van der Waals surface area contributed by atoms with Crippen LogP contribution in [0.2, 0.25) is 0 Å². The summed E-state index contributed by atoms with van der Waals surface area (Å²) in [5, 5.41) is 0. The zero-order valence-electron chi connectivity index (χ0n) is 7.68. The molecule has 0 unspecified atom stereocenters. The van der Waals surface area contributed by atoms with Gasteiger partial charge in [0.1, 0.15) is 13.3 Å². The second-order valence-corrected chi connectivity index (χ2v) is 2.25. The van der Waals surface area contributed by atoms with Crippen molar-refractivity contribution in [3.63, 3.8) is 0 Å². The maximum Gasteiger partial charge on any atom is 0.214 e. The summed E-state index contributed by atoms with van der Waals surface area (Å²) in [6.45, 7) is 3.50. The van der Waals surface area contributed by atoms with E-state index < -0.39 is 0 Å². The van der Waals surface area contributed by atoms with Gasteiger partial charge in [-0.2, -0.15) is 0 Å². The molecule has 0 spiro atoms. The Bertz CT molecular complexity index is 107. The summed E-state index contributed by atoms with van der Waals surface area (Å²) >= 11 is 0. The molecule has 0 aliphatic carbocycles. The van der Waals surface area contributed by atoms with Crippen LogP contribution in [0.1, 0.15) is 40.5 Å². The van der Waals surface area contributed by atoms with Crippen LogP contribution >= 0.6 is 0 Å². The first-order valence-electron chi connectivity index (χ1n) is 3.90. The van der Waals surface area contributed by atoms with Gasteiger partial charge >= 0.3 is 0 Å². The number of hydrogen-bond acceptors (Lipinski definition) is 1. The molecule has 74 valence electrons. The SMILES string of the molecule is CC([15NH2])=O.[13CH3]CCCC=[NH+][13CH3].[13CH4]. The van der Waals surface area contributed by atoms with Crippen molar-refractivity contribution in [2.45, 2.75) is 40.5 Å². The fourth-order valence-electron chi connectivity index (χ4n) is 0.451. The van der Waals surface area contributed by atoms with Crippen molar-refractivity contribution < 1.29 is 9.79 Å². The van der Waals surface area contributed by atoms with Gasteiger partial charge in [-0.15, -0.1) is 0 Å². The van der Waals surface area contributed by atoms with Crippen molar-refractivity contribution in [2.24, 2.45) is 5.73 Å². The minimum absolute atomic E-state index is 0. The zero-order valence-corrected chi connectivity index (χ0v) is 7.68. The number of unbranched alkanes of at least 4 members (excludes halogenated alkanes) is 2. The Kier molecular flexibility index (Phi) is 23.9. The molecular weight excluding hydrogens is 156 g/mol. The zero-order chi connectivity index (χ0) is 9.11. The normalized spacial score (nSPS) is 8.25. The highest BCUT2D eigenvalue weighted by atomic mass is 16.2. The molecule has 0 aromatic carbocycles. The predicted octanol–water partition coefficient (Wildman–Crippen LogP) is 0.0855. The summed E-state index contributed by atoms with van der Waals surface area (Å²) in [5.74, 6) is -0.333. The highest BCUT2D eigenvalue weighted by Crippen LogP contribution is 1.86. The Morgan fingerprint density at radius 2 is 2.00 bits per heavy atom. The fourth-order valence-corrected chi connectivity index (χ4v) is 0.451. The van der Waals surface area contributed by atoms with Crippen molar-refractivity contribution in [3.05, 3.63) is 0 Å². The Morgan fingerprint density at radius 1 is 1.58 bits per heavy atom. The van der Waals surface area contributed by atoms with Crippen molar-refractivity contribution in [3.8, 4) is 0 Å². The number of carbonyl (C=O) groups excluding carboxylic acids is 1. The third kappa shape index (κ3) is 61.4. The van der Waals surface area contributed by atoms with Gasteiger partial charge in [-0.05, 0) is 6.42 Å². The first-order chi connectivity index (χ1) is 5.15. The van der Waals surface area contributed by atoms with E-state index in [0.717, 1.165) is 0 Å². The van der Waals surface area contributed by atoms with Crippen molar-refractivity contribution in [1.82, 2.24) is 0 Å². The number of hydrogen-bond donors (Lipinski definition) is 2. The predicted molar refractivity (Wildman–Crippen MR) is 54.1 cm³/mol. The molecule has 0 aliphatic heterocycles. The summed E-state index contributed by atoms with van der Waals surface area (Å²) < 4.78 is 0. The van der Waals surface area contributed by atoms with Crippen LogP contribution in [0.15, 0.2) is 0 Å². The summed E-state index contributed by atoms with van der Waals surface area (Å²) in [4.78, 5) is 12.2. The van der Waals surface area contributed by atoms with Gasteiger partial charge in [0.25, 0.3) is 0 Å².